The number of hydrogen-bond donors (Lipinski definition) is 0. The van der Waals surface area contributed by atoms with Gasteiger partial charge in [-0.25, -0.2) is 4.39 Å². The number of likely N-dealkylation sites (N-methyl/N-ethyl adjacent to an activating group) is 1. The van der Waals surface area contributed by atoms with E-state index in [0.717, 1.165) is 30.9 Å². The van der Waals surface area contributed by atoms with Gasteiger partial charge in [0, 0.05) is 31.4 Å². The summed E-state index contributed by atoms with van der Waals surface area (Å²) in [6, 6.07) is 10.9. The van der Waals surface area contributed by atoms with E-state index < -0.39 is 0 Å². The maximum Gasteiger partial charge on any atom is 0.165 e. The van der Waals surface area contributed by atoms with Crippen molar-refractivity contribution in [1.82, 2.24) is 4.90 Å². The number of ether oxygens (including phenoxy) is 3. The average Bonchev–Trinajstić information content (AvgIpc) is 2.72. The van der Waals surface area contributed by atoms with E-state index in [1.807, 2.05) is 31.3 Å². The molecular formula is C22H31FN2O3. The van der Waals surface area contributed by atoms with E-state index in [2.05, 4.69) is 23.6 Å². The summed E-state index contributed by atoms with van der Waals surface area (Å²) >= 11 is 0. The summed E-state index contributed by atoms with van der Waals surface area (Å²) in [7, 11) is 5.24. The Morgan fingerprint density at radius 1 is 0.893 bits per heavy atom. The van der Waals surface area contributed by atoms with Crippen molar-refractivity contribution >= 4 is 5.69 Å². The smallest absolute Gasteiger partial charge is 0.165 e. The molecular weight excluding hydrogens is 359 g/mol. The van der Waals surface area contributed by atoms with Gasteiger partial charge >= 0.3 is 0 Å². The monoisotopic (exact) mass is 390 g/mol. The van der Waals surface area contributed by atoms with Crippen LogP contribution in [0.5, 0.6) is 17.2 Å². The van der Waals surface area contributed by atoms with E-state index in [-0.39, 0.29) is 5.82 Å². The zero-order valence-corrected chi connectivity index (χ0v) is 17.5. The molecule has 0 heterocycles. The molecule has 0 radical (unpaired) electrons. The number of nitrogens with zero attached hydrogens (tertiary/aromatic N) is 2. The van der Waals surface area contributed by atoms with Gasteiger partial charge in [-0.1, -0.05) is 13.0 Å². The summed E-state index contributed by atoms with van der Waals surface area (Å²) in [5, 5.41) is 0. The number of methoxy groups -OCH3 is 2. The summed E-state index contributed by atoms with van der Waals surface area (Å²) in [5.41, 5.74) is 1.87. The fourth-order valence-corrected chi connectivity index (χ4v) is 2.86. The number of halogens is 1. The Hall–Kier alpha value is -2.47. The molecule has 0 saturated heterocycles. The van der Waals surface area contributed by atoms with Crippen molar-refractivity contribution in [3.05, 3.63) is 47.8 Å². The second-order valence-corrected chi connectivity index (χ2v) is 6.56. The second kappa shape index (κ2) is 10.8. The Bertz CT molecular complexity index is 755. The zero-order valence-electron chi connectivity index (χ0n) is 17.5. The Morgan fingerprint density at radius 2 is 1.61 bits per heavy atom. The first kappa shape index (κ1) is 21.8. The third-order valence-electron chi connectivity index (χ3n) is 4.75. The lowest BCUT2D eigenvalue weighted by Gasteiger charge is -2.24. The van der Waals surface area contributed by atoms with Gasteiger partial charge in [-0.2, -0.15) is 0 Å². The summed E-state index contributed by atoms with van der Waals surface area (Å²) in [4.78, 5) is 4.27. The molecule has 0 fully saturated rings. The minimum atomic E-state index is -0.333. The largest absolute Gasteiger partial charge is 0.493 e. The minimum absolute atomic E-state index is 0.294. The molecule has 6 heteroatoms. The van der Waals surface area contributed by atoms with Gasteiger partial charge in [-0.3, -0.25) is 0 Å². The Morgan fingerprint density at radius 3 is 2.21 bits per heavy atom. The molecule has 154 valence electrons. The second-order valence-electron chi connectivity index (χ2n) is 6.56. The van der Waals surface area contributed by atoms with E-state index in [0.29, 0.717) is 30.4 Å². The number of benzene rings is 2. The third-order valence-corrected chi connectivity index (χ3v) is 4.75. The Labute approximate surface area is 167 Å². The van der Waals surface area contributed by atoms with E-state index in [9.17, 15) is 4.39 Å². The number of rotatable bonds is 11. The predicted molar refractivity (Wildman–Crippen MR) is 111 cm³/mol. The highest BCUT2D eigenvalue weighted by Gasteiger charge is 2.12. The van der Waals surface area contributed by atoms with Crippen LogP contribution in [-0.2, 0) is 6.54 Å². The van der Waals surface area contributed by atoms with Crippen molar-refractivity contribution in [2.24, 2.45) is 0 Å². The van der Waals surface area contributed by atoms with Gasteiger partial charge < -0.3 is 24.0 Å². The molecule has 0 saturated carbocycles. The molecule has 28 heavy (non-hydrogen) atoms. The van der Waals surface area contributed by atoms with Crippen LogP contribution < -0.4 is 19.1 Å². The standard InChI is InChI=1S/C22H31FN2O3/c1-6-24(3)12-13-28-20-10-8-17(14-19(20)23)16-25(7-2)18-9-11-21(26-4)22(15-18)27-5/h8-11,14-15H,6-7,12-13,16H2,1-5H3. The van der Waals surface area contributed by atoms with Gasteiger partial charge in [-0.15, -0.1) is 0 Å². The summed E-state index contributed by atoms with van der Waals surface area (Å²) in [6.07, 6.45) is 0. The molecule has 2 aromatic rings. The van der Waals surface area contributed by atoms with Crippen LogP contribution in [0.3, 0.4) is 0 Å². The Kier molecular flexibility index (Phi) is 8.39. The van der Waals surface area contributed by atoms with Gasteiger partial charge in [0.1, 0.15) is 6.61 Å². The van der Waals surface area contributed by atoms with Crippen molar-refractivity contribution < 1.29 is 18.6 Å². The van der Waals surface area contributed by atoms with Crippen molar-refractivity contribution in [2.75, 3.05) is 52.4 Å². The van der Waals surface area contributed by atoms with Crippen LogP contribution in [0.15, 0.2) is 36.4 Å². The van der Waals surface area contributed by atoms with Gasteiger partial charge in [0.25, 0.3) is 0 Å². The summed E-state index contributed by atoms with van der Waals surface area (Å²) < 4.78 is 30.7. The van der Waals surface area contributed by atoms with E-state index >= 15 is 0 Å². The molecule has 5 nitrogen and oxygen atoms in total. The highest BCUT2D eigenvalue weighted by atomic mass is 19.1. The van der Waals surface area contributed by atoms with Gasteiger partial charge in [0.05, 0.1) is 14.2 Å². The van der Waals surface area contributed by atoms with Crippen LogP contribution >= 0.6 is 0 Å². The van der Waals surface area contributed by atoms with Crippen molar-refractivity contribution in [1.29, 1.82) is 0 Å². The van der Waals surface area contributed by atoms with Gasteiger partial charge in [0.15, 0.2) is 23.1 Å². The SMILES string of the molecule is CCN(C)CCOc1ccc(CN(CC)c2ccc(OC)c(OC)c2)cc1F. The summed E-state index contributed by atoms with van der Waals surface area (Å²) in [6.45, 7) is 7.67. The molecule has 0 aliphatic rings. The van der Waals surface area contributed by atoms with E-state index in [4.69, 9.17) is 14.2 Å². The fraction of sp³-hybridized carbons (Fsp3) is 0.455. The minimum Gasteiger partial charge on any atom is -0.493 e. The van der Waals surface area contributed by atoms with Gasteiger partial charge in [-0.05, 0) is 50.3 Å². The zero-order chi connectivity index (χ0) is 20.5. The fourth-order valence-electron chi connectivity index (χ4n) is 2.86. The quantitative estimate of drug-likeness (QED) is 0.574. The van der Waals surface area contributed by atoms with Crippen LogP contribution in [0.1, 0.15) is 19.4 Å². The lowest BCUT2D eigenvalue weighted by molar-refractivity contribution is 0.236. The predicted octanol–water partition coefficient (Wildman–Crippen LogP) is 4.20. The molecule has 2 aromatic carbocycles. The highest BCUT2D eigenvalue weighted by molar-refractivity contribution is 5.56. The molecule has 2 rings (SSSR count). The van der Waals surface area contributed by atoms with Gasteiger partial charge in [0.2, 0.25) is 0 Å². The molecule has 0 unspecified atom stereocenters. The molecule has 0 aliphatic heterocycles. The first-order valence-electron chi connectivity index (χ1n) is 9.59. The van der Waals surface area contributed by atoms with E-state index in [1.165, 1.54) is 0 Å². The number of anilines is 1. The first-order valence-corrected chi connectivity index (χ1v) is 9.59. The lowest BCUT2D eigenvalue weighted by Crippen LogP contribution is -2.24. The van der Waals surface area contributed by atoms with Crippen molar-refractivity contribution in [3.63, 3.8) is 0 Å². The van der Waals surface area contributed by atoms with Crippen molar-refractivity contribution in [3.8, 4) is 17.2 Å². The first-order chi connectivity index (χ1) is 13.5. The van der Waals surface area contributed by atoms with Crippen LogP contribution in [0.4, 0.5) is 10.1 Å². The number of hydrogen-bond acceptors (Lipinski definition) is 5. The molecule has 0 amide bonds. The molecule has 0 atom stereocenters. The normalized spacial score (nSPS) is 10.8. The van der Waals surface area contributed by atoms with Crippen LogP contribution in [0.2, 0.25) is 0 Å². The summed E-state index contributed by atoms with van der Waals surface area (Å²) in [5.74, 6) is 1.32. The average molecular weight is 390 g/mol. The van der Waals surface area contributed by atoms with Crippen LogP contribution in [0.25, 0.3) is 0 Å². The van der Waals surface area contributed by atoms with Crippen molar-refractivity contribution in [2.45, 2.75) is 20.4 Å². The highest BCUT2D eigenvalue weighted by Crippen LogP contribution is 2.32. The molecule has 0 N–H and O–H groups in total. The molecule has 0 bridgehead atoms. The third kappa shape index (κ3) is 5.76. The topological polar surface area (TPSA) is 34.2 Å². The molecule has 0 aliphatic carbocycles. The Balaban J connectivity index is 2.07. The molecule has 0 spiro atoms. The van der Waals surface area contributed by atoms with Crippen LogP contribution in [-0.4, -0.2) is 52.4 Å². The maximum absolute atomic E-state index is 14.4. The maximum atomic E-state index is 14.4. The lowest BCUT2D eigenvalue weighted by atomic mass is 10.1. The van der Waals surface area contributed by atoms with E-state index in [1.54, 1.807) is 26.4 Å². The molecule has 0 aromatic heterocycles. The van der Waals surface area contributed by atoms with Crippen LogP contribution in [0, 0.1) is 5.82 Å².